The summed E-state index contributed by atoms with van der Waals surface area (Å²) in [5.74, 6) is 1.84. The summed E-state index contributed by atoms with van der Waals surface area (Å²) >= 11 is 0. The molecule has 184 valence electrons. The molecule has 9 nitrogen and oxygen atoms in total. The van der Waals surface area contributed by atoms with Crippen LogP contribution in [0.5, 0.6) is 17.5 Å². The lowest BCUT2D eigenvalue weighted by Crippen LogP contribution is -2.76. The Balaban J connectivity index is 1.24. The highest BCUT2D eigenvalue weighted by Gasteiger charge is 2.73. The van der Waals surface area contributed by atoms with Crippen molar-refractivity contribution in [1.82, 2.24) is 25.1 Å². The molecule has 1 saturated heterocycles. The molecule has 0 radical (unpaired) electrons. The average Bonchev–Trinajstić information content (AvgIpc) is 3.45. The summed E-state index contributed by atoms with van der Waals surface area (Å²) in [6.45, 7) is 1.90. The van der Waals surface area contributed by atoms with Crippen LogP contribution in [-0.4, -0.2) is 66.8 Å². The Morgan fingerprint density at radius 3 is 2.83 bits per heavy atom. The lowest BCUT2D eigenvalue weighted by Gasteiger charge is -2.62. The van der Waals surface area contributed by atoms with Crippen LogP contribution in [0.3, 0.4) is 0 Å². The monoisotopic (exact) mass is 485 g/mol. The summed E-state index contributed by atoms with van der Waals surface area (Å²) in [6, 6.07) is 13.7. The largest absolute Gasteiger partial charge is 0.477 e. The number of Topliss-reactive ketones (excluding diaryl/α,β-unsaturated/α-hetero) is 1. The number of aromatic nitrogens is 4. The summed E-state index contributed by atoms with van der Waals surface area (Å²) in [5, 5.41) is 24.4. The average molecular weight is 486 g/mol. The number of benzene rings is 2. The summed E-state index contributed by atoms with van der Waals surface area (Å²) in [7, 11) is 0. The third-order valence-corrected chi connectivity index (χ3v) is 9.19. The predicted octanol–water partition coefficient (Wildman–Crippen LogP) is 2.59. The Morgan fingerprint density at radius 1 is 1.14 bits per heavy atom. The van der Waals surface area contributed by atoms with Gasteiger partial charge < -0.3 is 14.6 Å². The van der Waals surface area contributed by atoms with Gasteiger partial charge in [-0.05, 0) is 78.8 Å². The first-order valence-corrected chi connectivity index (χ1v) is 12.9. The maximum atomic E-state index is 13.3. The van der Waals surface area contributed by atoms with Crippen LogP contribution >= 0.6 is 0 Å². The lowest BCUT2D eigenvalue weighted by atomic mass is 9.49. The molecule has 0 unspecified atom stereocenters. The van der Waals surface area contributed by atoms with Crippen molar-refractivity contribution in [2.75, 3.05) is 13.1 Å². The van der Waals surface area contributed by atoms with Crippen molar-refractivity contribution < 1.29 is 19.4 Å². The number of rotatable bonds is 5. The van der Waals surface area contributed by atoms with Crippen molar-refractivity contribution in [2.24, 2.45) is 5.92 Å². The van der Waals surface area contributed by atoms with Gasteiger partial charge in [-0.1, -0.05) is 29.4 Å². The number of tetrazole rings is 1. The summed E-state index contributed by atoms with van der Waals surface area (Å²) in [6.07, 6.45) is 4.14. The van der Waals surface area contributed by atoms with Crippen molar-refractivity contribution in [3.05, 3.63) is 53.6 Å². The highest BCUT2D eigenvalue weighted by Crippen LogP contribution is 2.65. The highest BCUT2D eigenvalue weighted by molar-refractivity contribution is 5.90. The molecule has 0 amide bonds. The zero-order valence-corrected chi connectivity index (χ0v) is 19.8. The van der Waals surface area contributed by atoms with E-state index in [1.807, 2.05) is 36.4 Å². The van der Waals surface area contributed by atoms with Crippen molar-refractivity contribution in [3.8, 4) is 23.2 Å². The summed E-state index contributed by atoms with van der Waals surface area (Å²) in [4.78, 5) is 15.8. The first-order valence-electron chi connectivity index (χ1n) is 12.9. The molecule has 5 aliphatic rings. The van der Waals surface area contributed by atoms with Gasteiger partial charge in [0.1, 0.15) is 0 Å². The number of ether oxygens (including phenoxy) is 2. The molecule has 9 heteroatoms. The zero-order valence-electron chi connectivity index (χ0n) is 19.8. The second kappa shape index (κ2) is 7.14. The van der Waals surface area contributed by atoms with E-state index in [9.17, 15) is 9.90 Å². The van der Waals surface area contributed by atoms with Crippen molar-refractivity contribution >= 4 is 5.78 Å². The van der Waals surface area contributed by atoms with E-state index in [0.717, 1.165) is 42.2 Å². The van der Waals surface area contributed by atoms with E-state index < -0.39 is 17.1 Å². The molecule has 3 heterocycles. The standard InChI is InChI=1S/C27H27N5O4/c33-19-10-11-27(34)21-14-17-8-9-20(35-25-28-29-30-32(25)18-4-2-1-3-5-18)23-22(17)26(27,24(19)36-23)12-13-31(21)15-16-6-7-16/h1-5,8-9,16,21,24,34H,6-7,10-15H2/t21-,24+,26+,27-/m1/s1. The third-order valence-electron chi connectivity index (χ3n) is 9.19. The Morgan fingerprint density at radius 2 is 2.00 bits per heavy atom. The highest BCUT2D eigenvalue weighted by atomic mass is 16.5. The molecule has 1 spiro atoms. The van der Waals surface area contributed by atoms with Crippen molar-refractivity contribution in [2.45, 2.75) is 61.7 Å². The molecular formula is C27H27N5O4. The Bertz CT molecular complexity index is 1390. The number of ketones is 1. The Kier molecular flexibility index (Phi) is 4.13. The van der Waals surface area contributed by atoms with Crippen LogP contribution in [0, 0.1) is 5.92 Å². The fourth-order valence-electron chi connectivity index (χ4n) is 7.41. The Labute approximate surface area is 208 Å². The van der Waals surface area contributed by atoms with E-state index in [-0.39, 0.29) is 17.8 Å². The van der Waals surface area contributed by atoms with E-state index in [1.165, 1.54) is 17.5 Å². The van der Waals surface area contributed by atoms with Gasteiger partial charge in [-0.15, -0.1) is 0 Å². The lowest BCUT2D eigenvalue weighted by molar-refractivity contribution is -0.188. The maximum absolute atomic E-state index is 13.3. The molecule has 8 rings (SSSR count). The molecule has 1 N–H and O–H groups in total. The molecule has 2 aromatic carbocycles. The van der Waals surface area contributed by atoms with Crippen LogP contribution in [0.1, 0.15) is 43.2 Å². The van der Waals surface area contributed by atoms with Crippen LogP contribution in [0.2, 0.25) is 0 Å². The Hall–Kier alpha value is -3.30. The molecule has 2 saturated carbocycles. The molecule has 3 aromatic rings. The van der Waals surface area contributed by atoms with E-state index in [0.29, 0.717) is 30.8 Å². The van der Waals surface area contributed by atoms with Crippen LogP contribution in [0.25, 0.3) is 5.69 Å². The summed E-state index contributed by atoms with van der Waals surface area (Å²) < 4.78 is 14.3. The minimum Gasteiger partial charge on any atom is -0.477 e. The number of carbonyl (C=O) groups excluding carboxylic acids is 1. The van der Waals surface area contributed by atoms with E-state index in [2.05, 4.69) is 26.5 Å². The topological polar surface area (TPSA) is 103 Å². The zero-order chi connectivity index (χ0) is 24.1. The van der Waals surface area contributed by atoms with Crippen molar-refractivity contribution in [1.29, 1.82) is 0 Å². The van der Waals surface area contributed by atoms with Gasteiger partial charge in [0.15, 0.2) is 23.4 Å². The second-order valence-corrected chi connectivity index (χ2v) is 11.0. The van der Waals surface area contributed by atoms with Gasteiger partial charge in [0.2, 0.25) is 0 Å². The fraction of sp³-hybridized carbons (Fsp3) is 0.481. The van der Waals surface area contributed by atoms with Gasteiger partial charge in [0, 0.05) is 24.6 Å². The van der Waals surface area contributed by atoms with E-state index in [1.54, 1.807) is 0 Å². The first-order chi connectivity index (χ1) is 17.6. The number of nitrogens with zero attached hydrogens (tertiary/aromatic N) is 5. The molecular weight excluding hydrogens is 458 g/mol. The van der Waals surface area contributed by atoms with Gasteiger partial charge in [-0.3, -0.25) is 9.69 Å². The van der Waals surface area contributed by atoms with Gasteiger partial charge in [0.05, 0.1) is 16.7 Å². The number of hydrogen-bond donors (Lipinski definition) is 1. The number of aliphatic hydroxyl groups is 1. The molecule has 36 heavy (non-hydrogen) atoms. The quantitative estimate of drug-likeness (QED) is 0.588. The van der Waals surface area contributed by atoms with Crippen LogP contribution in [-0.2, 0) is 16.6 Å². The minimum absolute atomic E-state index is 0.00153. The number of hydrogen-bond acceptors (Lipinski definition) is 8. The van der Waals surface area contributed by atoms with Crippen LogP contribution in [0.15, 0.2) is 42.5 Å². The SMILES string of the molecule is O=C1CC[C@@]2(O)[C@H]3Cc4ccc(Oc5nnnn5-c5ccccc5)c5c4[C@@]2(CCN3CC2CC2)[C@H]1O5. The normalized spacial score (nSPS) is 32.2. The molecule has 2 aliphatic heterocycles. The van der Waals surface area contributed by atoms with E-state index in [4.69, 9.17) is 9.47 Å². The molecule has 2 bridgehead atoms. The minimum atomic E-state index is -0.999. The molecule has 3 aliphatic carbocycles. The first kappa shape index (κ1) is 20.8. The maximum Gasteiger partial charge on any atom is 0.346 e. The molecule has 4 atom stereocenters. The molecule has 3 fully saturated rings. The third kappa shape index (κ3) is 2.62. The van der Waals surface area contributed by atoms with Crippen molar-refractivity contribution in [3.63, 3.8) is 0 Å². The number of likely N-dealkylation sites (tertiary alicyclic amines) is 1. The number of para-hydroxylation sites is 1. The van der Waals surface area contributed by atoms with Crippen LogP contribution in [0.4, 0.5) is 0 Å². The smallest absolute Gasteiger partial charge is 0.346 e. The number of piperidine rings is 1. The second-order valence-electron chi connectivity index (χ2n) is 11.0. The van der Waals surface area contributed by atoms with E-state index >= 15 is 0 Å². The molecule has 1 aromatic heterocycles. The van der Waals surface area contributed by atoms with Gasteiger partial charge in [0.25, 0.3) is 0 Å². The fourth-order valence-corrected chi connectivity index (χ4v) is 7.41. The predicted molar refractivity (Wildman–Crippen MR) is 127 cm³/mol. The van der Waals surface area contributed by atoms with Gasteiger partial charge in [-0.25, -0.2) is 0 Å². The van der Waals surface area contributed by atoms with Crippen LogP contribution < -0.4 is 9.47 Å². The van der Waals surface area contributed by atoms with Gasteiger partial charge in [-0.2, -0.15) is 4.68 Å². The van der Waals surface area contributed by atoms with Gasteiger partial charge >= 0.3 is 6.01 Å². The summed E-state index contributed by atoms with van der Waals surface area (Å²) in [5.41, 5.74) is 1.14. The number of carbonyl (C=O) groups is 1.